The molecule has 0 spiro atoms. The summed E-state index contributed by atoms with van der Waals surface area (Å²) in [4.78, 5) is 17.1. The third-order valence-corrected chi connectivity index (χ3v) is 5.88. The van der Waals surface area contributed by atoms with Gasteiger partial charge < -0.3 is 10.6 Å². The number of carbonyl (C=O) groups is 1. The summed E-state index contributed by atoms with van der Waals surface area (Å²) in [6.07, 6.45) is 0.462. The van der Waals surface area contributed by atoms with Gasteiger partial charge in [0.1, 0.15) is 5.54 Å². The zero-order chi connectivity index (χ0) is 23.8. The summed E-state index contributed by atoms with van der Waals surface area (Å²) in [5.74, 6) is -0.277. The highest BCUT2D eigenvalue weighted by molar-refractivity contribution is 5.97. The zero-order valence-corrected chi connectivity index (χ0v) is 18.4. The standard InChI is InChI=1S/C24H24F3N5O/c1-3-16-11-19(29-9-8-24(25,26)27)21-30-12-20(32(21)13-16)17-4-5-18(15(2)10-17)22(33)31-23(14-28)6-7-23/h4-5,10-13,29H,3,6-9H2,1-2H3,(H,31,33). The van der Waals surface area contributed by atoms with Crippen LogP contribution in [0.4, 0.5) is 18.9 Å². The average Bonchev–Trinajstić information content (AvgIpc) is 3.40. The van der Waals surface area contributed by atoms with Crippen LogP contribution in [0.3, 0.4) is 0 Å². The molecular weight excluding hydrogens is 431 g/mol. The Hall–Kier alpha value is -3.54. The van der Waals surface area contributed by atoms with Gasteiger partial charge in [-0.25, -0.2) is 4.98 Å². The van der Waals surface area contributed by atoms with E-state index in [1.165, 1.54) is 0 Å². The number of anilines is 1. The summed E-state index contributed by atoms with van der Waals surface area (Å²) in [6.45, 7) is 3.57. The molecule has 33 heavy (non-hydrogen) atoms. The molecule has 1 fully saturated rings. The topological polar surface area (TPSA) is 82.2 Å². The number of hydrogen-bond donors (Lipinski definition) is 2. The number of aryl methyl sites for hydroxylation is 2. The second-order valence-electron chi connectivity index (χ2n) is 8.42. The molecule has 4 rings (SSSR count). The van der Waals surface area contributed by atoms with Gasteiger partial charge in [0, 0.05) is 23.9 Å². The summed E-state index contributed by atoms with van der Waals surface area (Å²) < 4.78 is 39.6. The van der Waals surface area contributed by atoms with Gasteiger partial charge in [-0.05, 0) is 55.5 Å². The Balaban J connectivity index is 1.64. The molecule has 1 aliphatic carbocycles. The number of carbonyl (C=O) groups excluding carboxylic acids is 1. The van der Waals surface area contributed by atoms with E-state index >= 15 is 0 Å². The number of aromatic nitrogens is 2. The summed E-state index contributed by atoms with van der Waals surface area (Å²) in [6, 6.07) is 9.38. The van der Waals surface area contributed by atoms with E-state index in [-0.39, 0.29) is 12.5 Å². The second kappa shape index (κ2) is 8.43. The van der Waals surface area contributed by atoms with Crippen LogP contribution >= 0.6 is 0 Å². The monoisotopic (exact) mass is 455 g/mol. The molecule has 6 nitrogen and oxygen atoms in total. The maximum Gasteiger partial charge on any atom is 0.390 e. The van der Waals surface area contributed by atoms with Crippen molar-refractivity contribution < 1.29 is 18.0 Å². The highest BCUT2D eigenvalue weighted by Gasteiger charge is 2.44. The Morgan fingerprint density at radius 3 is 2.67 bits per heavy atom. The number of nitriles is 1. The molecule has 2 N–H and O–H groups in total. The van der Waals surface area contributed by atoms with E-state index in [1.54, 1.807) is 12.3 Å². The van der Waals surface area contributed by atoms with Gasteiger partial charge in [0.05, 0.1) is 30.1 Å². The van der Waals surface area contributed by atoms with Crippen molar-refractivity contribution in [3.05, 3.63) is 53.3 Å². The van der Waals surface area contributed by atoms with Crippen LogP contribution < -0.4 is 10.6 Å². The molecule has 2 heterocycles. The third-order valence-electron chi connectivity index (χ3n) is 5.88. The lowest BCUT2D eigenvalue weighted by Gasteiger charge is -2.14. The number of rotatable bonds is 7. The second-order valence-corrected chi connectivity index (χ2v) is 8.42. The lowest BCUT2D eigenvalue weighted by Crippen LogP contribution is -2.35. The van der Waals surface area contributed by atoms with Crippen LogP contribution in [-0.4, -0.2) is 33.6 Å². The van der Waals surface area contributed by atoms with E-state index in [4.69, 9.17) is 0 Å². The van der Waals surface area contributed by atoms with Crippen molar-refractivity contribution in [3.63, 3.8) is 0 Å². The number of benzene rings is 1. The molecule has 0 saturated heterocycles. The Morgan fingerprint density at radius 1 is 1.30 bits per heavy atom. The van der Waals surface area contributed by atoms with E-state index in [0.29, 0.717) is 36.2 Å². The molecule has 0 aliphatic heterocycles. The van der Waals surface area contributed by atoms with Gasteiger partial charge in [-0.2, -0.15) is 18.4 Å². The Kier molecular flexibility index (Phi) is 5.78. The summed E-state index contributed by atoms with van der Waals surface area (Å²) in [7, 11) is 0. The fourth-order valence-corrected chi connectivity index (χ4v) is 3.77. The largest absolute Gasteiger partial charge is 0.390 e. The van der Waals surface area contributed by atoms with Crippen LogP contribution in [0.1, 0.15) is 47.7 Å². The van der Waals surface area contributed by atoms with Crippen molar-refractivity contribution in [1.82, 2.24) is 14.7 Å². The molecule has 0 bridgehead atoms. The fourth-order valence-electron chi connectivity index (χ4n) is 3.77. The molecule has 2 aromatic heterocycles. The number of nitrogens with zero attached hydrogens (tertiary/aromatic N) is 3. The maximum atomic E-state index is 12.6. The van der Waals surface area contributed by atoms with Crippen LogP contribution in [0, 0.1) is 18.3 Å². The van der Waals surface area contributed by atoms with Gasteiger partial charge in [0.2, 0.25) is 0 Å². The van der Waals surface area contributed by atoms with Crippen molar-refractivity contribution in [1.29, 1.82) is 5.26 Å². The Morgan fingerprint density at radius 2 is 2.06 bits per heavy atom. The first kappa shape index (κ1) is 22.6. The predicted octanol–water partition coefficient (Wildman–Crippen LogP) is 5.02. The van der Waals surface area contributed by atoms with Crippen LogP contribution in [-0.2, 0) is 6.42 Å². The zero-order valence-electron chi connectivity index (χ0n) is 18.4. The first-order chi connectivity index (χ1) is 15.6. The van der Waals surface area contributed by atoms with Crippen LogP contribution in [0.5, 0.6) is 0 Å². The maximum absolute atomic E-state index is 12.6. The SMILES string of the molecule is CCc1cc(NCCC(F)(F)F)c2ncc(-c3ccc(C(=O)NC4(C#N)CC4)c(C)c3)n2c1. The number of nitrogens with one attached hydrogen (secondary N) is 2. The van der Waals surface area contributed by atoms with Gasteiger partial charge in [0.15, 0.2) is 5.65 Å². The number of halogens is 3. The Labute approximate surface area is 189 Å². The van der Waals surface area contributed by atoms with E-state index in [2.05, 4.69) is 21.7 Å². The van der Waals surface area contributed by atoms with Crippen molar-refractivity contribution in [2.24, 2.45) is 0 Å². The van der Waals surface area contributed by atoms with Crippen molar-refractivity contribution in [2.75, 3.05) is 11.9 Å². The molecule has 0 radical (unpaired) electrons. The van der Waals surface area contributed by atoms with E-state index in [0.717, 1.165) is 22.4 Å². The summed E-state index contributed by atoms with van der Waals surface area (Å²) in [5, 5.41) is 14.9. The van der Waals surface area contributed by atoms with Crippen LogP contribution in [0.25, 0.3) is 16.9 Å². The fraction of sp³-hybridized carbons (Fsp3) is 0.375. The van der Waals surface area contributed by atoms with Gasteiger partial charge in [-0.1, -0.05) is 13.0 Å². The number of hydrogen-bond acceptors (Lipinski definition) is 4. The predicted molar refractivity (Wildman–Crippen MR) is 119 cm³/mol. The third kappa shape index (κ3) is 4.80. The number of fused-ring (bicyclic) bond motifs is 1. The van der Waals surface area contributed by atoms with Gasteiger partial charge in [-0.15, -0.1) is 0 Å². The molecule has 9 heteroatoms. The number of alkyl halides is 3. The lowest BCUT2D eigenvalue weighted by molar-refractivity contribution is -0.131. The summed E-state index contributed by atoms with van der Waals surface area (Å²) >= 11 is 0. The highest BCUT2D eigenvalue weighted by Crippen LogP contribution is 2.35. The van der Waals surface area contributed by atoms with Gasteiger partial charge >= 0.3 is 6.18 Å². The molecule has 172 valence electrons. The molecule has 1 saturated carbocycles. The smallest absolute Gasteiger partial charge is 0.382 e. The number of amides is 1. The van der Waals surface area contributed by atoms with E-state index in [1.807, 2.05) is 42.6 Å². The summed E-state index contributed by atoms with van der Waals surface area (Å²) in [5.41, 5.74) is 4.14. The number of pyridine rings is 1. The minimum atomic E-state index is -4.23. The Bertz CT molecular complexity index is 1250. The first-order valence-electron chi connectivity index (χ1n) is 10.8. The molecule has 3 aromatic rings. The van der Waals surface area contributed by atoms with Crippen molar-refractivity contribution >= 4 is 17.2 Å². The minimum Gasteiger partial charge on any atom is -0.382 e. The van der Waals surface area contributed by atoms with E-state index in [9.17, 15) is 23.2 Å². The molecule has 1 amide bonds. The van der Waals surface area contributed by atoms with Crippen LogP contribution in [0.15, 0.2) is 36.7 Å². The first-order valence-corrected chi connectivity index (χ1v) is 10.8. The molecule has 1 aromatic carbocycles. The van der Waals surface area contributed by atoms with Crippen molar-refractivity contribution in [2.45, 2.75) is 51.2 Å². The molecule has 0 unspecified atom stereocenters. The minimum absolute atomic E-state index is 0.234. The van der Waals surface area contributed by atoms with E-state index < -0.39 is 18.1 Å². The average molecular weight is 455 g/mol. The molecule has 0 atom stereocenters. The number of imidazole rings is 1. The highest BCUT2D eigenvalue weighted by atomic mass is 19.4. The normalized spacial score (nSPS) is 14.7. The lowest BCUT2D eigenvalue weighted by atomic mass is 10.0. The molecule has 1 aliphatic rings. The van der Waals surface area contributed by atoms with Gasteiger partial charge in [0.25, 0.3) is 5.91 Å². The van der Waals surface area contributed by atoms with Gasteiger partial charge in [-0.3, -0.25) is 9.20 Å². The molecular formula is C24H24F3N5O. The van der Waals surface area contributed by atoms with Crippen molar-refractivity contribution in [3.8, 4) is 17.3 Å². The van der Waals surface area contributed by atoms with Crippen LogP contribution in [0.2, 0.25) is 0 Å². The quantitative estimate of drug-likeness (QED) is 0.524.